The number of nitrogens with zero attached hydrogens (tertiary/aromatic N) is 1. The Kier molecular flexibility index (Phi) is 6.72. The van der Waals surface area contributed by atoms with Crippen molar-refractivity contribution in [1.29, 1.82) is 0 Å². The maximum Gasteiger partial charge on any atom is 0.387 e. The summed E-state index contributed by atoms with van der Waals surface area (Å²) in [5.41, 5.74) is 0.0616. The molecule has 0 aromatic heterocycles. The van der Waals surface area contributed by atoms with Crippen LogP contribution in [0.3, 0.4) is 0 Å². The fourth-order valence-corrected chi connectivity index (χ4v) is 2.30. The maximum atomic E-state index is 12.2. The van der Waals surface area contributed by atoms with Gasteiger partial charge in [0.15, 0.2) is 0 Å². The molecule has 11 heteroatoms. The molecule has 0 saturated carbocycles. The van der Waals surface area contributed by atoms with Crippen LogP contribution in [0.25, 0.3) is 0 Å². The second-order valence-corrected chi connectivity index (χ2v) is 5.47. The van der Waals surface area contributed by atoms with Gasteiger partial charge in [0.1, 0.15) is 17.2 Å². The molecule has 0 aliphatic carbocycles. The monoisotopic (exact) mass is 401 g/mol. The molecule has 0 radical (unpaired) electrons. The van der Waals surface area contributed by atoms with E-state index >= 15 is 0 Å². The summed E-state index contributed by atoms with van der Waals surface area (Å²) in [4.78, 5) is 22.5. The minimum Gasteiger partial charge on any atom is -0.496 e. The van der Waals surface area contributed by atoms with E-state index in [1.54, 1.807) is 0 Å². The zero-order chi connectivity index (χ0) is 20.0. The average molecular weight is 402 g/mol. The predicted octanol–water partition coefficient (Wildman–Crippen LogP) is 3.91. The minimum atomic E-state index is -3.01. The third-order valence-corrected chi connectivity index (χ3v) is 3.57. The molecule has 0 aliphatic heterocycles. The van der Waals surface area contributed by atoms with Gasteiger partial charge in [0, 0.05) is 5.69 Å². The number of benzene rings is 2. The number of anilines is 2. The summed E-state index contributed by atoms with van der Waals surface area (Å²) in [6.45, 7) is -3.25. The number of methoxy groups -OCH3 is 1. The third-order valence-electron chi connectivity index (χ3n) is 3.28. The van der Waals surface area contributed by atoms with Crippen molar-refractivity contribution in [2.45, 2.75) is 6.61 Å². The molecular formula is C16H14ClF2N3O5. The lowest BCUT2D eigenvalue weighted by Gasteiger charge is -2.11. The number of alkyl halides is 2. The Morgan fingerprint density at radius 1 is 1.30 bits per heavy atom. The van der Waals surface area contributed by atoms with Crippen LogP contribution in [0.5, 0.6) is 11.5 Å². The van der Waals surface area contributed by atoms with Gasteiger partial charge in [-0.3, -0.25) is 14.9 Å². The smallest absolute Gasteiger partial charge is 0.387 e. The molecule has 144 valence electrons. The molecule has 0 heterocycles. The van der Waals surface area contributed by atoms with Crippen LogP contribution in [0.4, 0.5) is 25.8 Å². The Morgan fingerprint density at radius 2 is 2.04 bits per heavy atom. The molecule has 0 unspecified atom stereocenters. The summed E-state index contributed by atoms with van der Waals surface area (Å²) in [6.07, 6.45) is 0. The van der Waals surface area contributed by atoms with Crippen molar-refractivity contribution in [2.75, 3.05) is 24.3 Å². The van der Waals surface area contributed by atoms with Crippen LogP contribution < -0.4 is 20.1 Å². The molecular weight excluding hydrogens is 388 g/mol. The number of hydrogen-bond acceptors (Lipinski definition) is 6. The molecule has 27 heavy (non-hydrogen) atoms. The Morgan fingerprint density at radius 3 is 2.63 bits per heavy atom. The Bertz CT molecular complexity index is 851. The number of amides is 1. The summed E-state index contributed by atoms with van der Waals surface area (Å²) in [6, 6.07) is 7.93. The number of ether oxygens (including phenoxy) is 2. The summed E-state index contributed by atoms with van der Waals surface area (Å²) in [5, 5.41) is 16.2. The van der Waals surface area contributed by atoms with Gasteiger partial charge in [-0.2, -0.15) is 8.78 Å². The Hall–Kier alpha value is -3.14. The quantitative estimate of drug-likeness (QED) is 0.513. The van der Waals surface area contributed by atoms with Crippen molar-refractivity contribution in [3.63, 3.8) is 0 Å². The maximum absolute atomic E-state index is 12.2. The molecule has 2 aromatic carbocycles. The fraction of sp³-hybridized carbons (Fsp3) is 0.188. The van der Waals surface area contributed by atoms with Gasteiger partial charge >= 0.3 is 6.61 Å². The van der Waals surface area contributed by atoms with Crippen LogP contribution in [-0.4, -0.2) is 31.1 Å². The van der Waals surface area contributed by atoms with Crippen LogP contribution in [0.1, 0.15) is 0 Å². The molecule has 8 nitrogen and oxygen atoms in total. The van der Waals surface area contributed by atoms with E-state index in [9.17, 15) is 23.7 Å². The summed E-state index contributed by atoms with van der Waals surface area (Å²) < 4.78 is 33.5. The standard InChI is InChI=1S/C16H14ClF2N3O5/c1-26-10-3-4-12(13(7-10)22(24)25)21-15(23)8-20-9-2-5-14(11(17)6-9)27-16(18)19/h2-7,16,20H,8H2,1H3,(H,21,23). The fourth-order valence-electron chi connectivity index (χ4n) is 2.07. The first kappa shape index (κ1) is 20.2. The van der Waals surface area contributed by atoms with Crippen LogP contribution in [0.2, 0.25) is 5.02 Å². The van der Waals surface area contributed by atoms with Gasteiger partial charge in [0.05, 0.1) is 29.7 Å². The third kappa shape index (κ3) is 5.68. The van der Waals surface area contributed by atoms with Crippen molar-refractivity contribution >= 4 is 34.6 Å². The van der Waals surface area contributed by atoms with E-state index in [0.29, 0.717) is 5.69 Å². The first-order valence-electron chi connectivity index (χ1n) is 7.40. The van der Waals surface area contributed by atoms with E-state index in [1.165, 1.54) is 43.5 Å². The van der Waals surface area contributed by atoms with Crippen molar-refractivity contribution in [1.82, 2.24) is 0 Å². The van der Waals surface area contributed by atoms with Gasteiger partial charge in [-0.15, -0.1) is 0 Å². The lowest BCUT2D eigenvalue weighted by molar-refractivity contribution is -0.384. The summed E-state index contributed by atoms with van der Waals surface area (Å²) >= 11 is 5.82. The van der Waals surface area contributed by atoms with E-state index in [1.807, 2.05) is 0 Å². The molecule has 2 rings (SSSR count). The second-order valence-electron chi connectivity index (χ2n) is 5.07. The molecule has 0 spiro atoms. The van der Waals surface area contributed by atoms with Crippen LogP contribution in [0.15, 0.2) is 36.4 Å². The number of nitrogens with one attached hydrogen (secondary N) is 2. The number of nitro groups is 1. The van der Waals surface area contributed by atoms with E-state index in [4.69, 9.17) is 16.3 Å². The first-order chi connectivity index (χ1) is 12.8. The SMILES string of the molecule is COc1ccc(NC(=O)CNc2ccc(OC(F)F)c(Cl)c2)c([N+](=O)[O-])c1. The average Bonchev–Trinajstić information content (AvgIpc) is 2.62. The topological polar surface area (TPSA) is 103 Å². The highest BCUT2D eigenvalue weighted by molar-refractivity contribution is 6.32. The highest BCUT2D eigenvalue weighted by atomic mass is 35.5. The van der Waals surface area contributed by atoms with Crippen molar-refractivity contribution < 1.29 is 28.0 Å². The van der Waals surface area contributed by atoms with Crippen LogP contribution in [0, 0.1) is 10.1 Å². The van der Waals surface area contributed by atoms with Gasteiger partial charge < -0.3 is 20.1 Å². The zero-order valence-electron chi connectivity index (χ0n) is 13.9. The van der Waals surface area contributed by atoms with Gasteiger partial charge in [-0.1, -0.05) is 11.6 Å². The number of carbonyl (C=O) groups excluding carboxylic acids is 1. The van der Waals surface area contributed by atoms with Gasteiger partial charge in [0.25, 0.3) is 5.69 Å². The van der Waals surface area contributed by atoms with Crippen LogP contribution in [-0.2, 0) is 4.79 Å². The number of halogens is 3. The summed E-state index contributed by atoms with van der Waals surface area (Å²) in [5.74, 6) is -0.485. The van der Waals surface area contributed by atoms with Crippen molar-refractivity contribution in [3.05, 3.63) is 51.5 Å². The molecule has 1 amide bonds. The van der Waals surface area contributed by atoms with E-state index in [2.05, 4.69) is 15.4 Å². The lowest BCUT2D eigenvalue weighted by atomic mass is 10.2. The highest BCUT2D eigenvalue weighted by Gasteiger charge is 2.17. The summed E-state index contributed by atoms with van der Waals surface area (Å²) in [7, 11) is 1.37. The van der Waals surface area contributed by atoms with Crippen LogP contribution >= 0.6 is 11.6 Å². The molecule has 0 bridgehead atoms. The number of rotatable bonds is 8. The second kappa shape index (κ2) is 8.99. The number of nitro benzene ring substituents is 1. The van der Waals surface area contributed by atoms with Gasteiger partial charge in [0.2, 0.25) is 5.91 Å². The molecule has 2 aromatic rings. The Balaban J connectivity index is 2.01. The first-order valence-corrected chi connectivity index (χ1v) is 7.78. The minimum absolute atomic E-state index is 0.00585. The molecule has 2 N–H and O–H groups in total. The molecule has 0 atom stereocenters. The lowest BCUT2D eigenvalue weighted by Crippen LogP contribution is -2.22. The largest absolute Gasteiger partial charge is 0.496 e. The molecule has 0 saturated heterocycles. The predicted molar refractivity (Wildman–Crippen MR) is 94.9 cm³/mol. The van der Waals surface area contributed by atoms with Crippen molar-refractivity contribution in [3.8, 4) is 11.5 Å². The van der Waals surface area contributed by atoms with Gasteiger partial charge in [-0.05, 0) is 30.3 Å². The molecule has 0 fully saturated rings. The number of hydrogen-bond donors (Lipinski definition) is 2. The molecule has 0 aliphatic rings. The zero-order valence-corrected chi connectivity index (χ0v) is 14.6. The van der Waals surface area contributed by atoms with E-state index < -0.39 is 17.4 Å². The van der Waals surface area contributed by atoms with Gasteiger partial charge in [-0.25, -0.2) is 0 Å². The van der Waals surface area contributed by atoms with E-state index in [0.717, 1.165) is 0 Å². The number of carbonyl (C=O) groups is 1. The highest BCUT2D eigenvalue weighted by Crippen LogP contribution is 2.30. The van der Waals surface area contributed by atoms with Crippen molar-refractivity contribution in [2.24, 2.45) is 0 Å². The van der Waals surface area contributed by atoms with E-state index in [-0.39, 0.29) is 34.4 Å². The Labute approximate surface area is 157 Å². The normalized spacial score (nSPS) is 10.4.